The summed E-state index contributed by atoms with van der Waals surface area (Å²) in [6.45, 7) is 0. The largest absolute Gasteiger partial charge is 0.504 e. The molecule has 140 valence electrons. The summed E-state index contributed by atoms with van der Waals surface area (Å²) in [5.74, 6) is -6.11. The molecule has 0 fully saturated rings. The fraction of sp³-hybridized carbons (Fsp3) is 0.250. The van der Waals surface area contributed by atoms with Crippen LogP contribution in [0.4, 0.5) is 0 Å². The summed E-state index contributed by atoms with van der Waals surface area (Å²) in [6.07, 6.45) is -0.380. The highest BCUT2D eigenvalue weighted by Crippen LogP contribution is 2.26. The van der Waals surface area contributed by atoms with E-state index in [0.29, 0.717) is 5.56 Å². The fourth-order valence-corrected chi connectivity index (χ4v) is 1.85. The minimum atomic E-state index is -2.89. The topological polar surface area (TPSA) is 168 Å². The van der Waals surface area contributed by atoms with E-state index in [2.05, 4.69) is 4.74 Å². The predicted molar refractivity (Wildman–Crippen MR) is 84.2 cm³/mol. The smallest absolute Gasteiger partial charge is 0.338 e. The van der Waals surface area contributed by atoms with E-state index in [-0.39, 0.29) is 11.5 Å². The Bertz CT molecular complexity index is 751. The van der Waals surface area contributed by atoms with Crippen molar-refractivity contribution in [2.75, 3.05) is 7.11 Å². The van der Waals surface area contributed by atoms with E-state index in [0.717, 1.165) is 6.08 Å². The lowest BCUT2D eigenvalue weighted by molar-refractivity contribution is -0.173. The average molecular weight is 368 g/mol. The number of aliphatic carboxylic acids is 2. The van der Waals surface area contributed by atoms with Gasteiger partial charge in [0.25, 0.3) is 0 Å². The molecule has 0 aliphatic rings. The van der Waals surface area contributed by atoms with E-state index in [1.165, 1.54) is 31.4 Å². The summed E-state index contributed by atoms with van der Waals surface area (Å²) >= 11 is 0. The Morgan fingerprint density at radius 2 is 1.81 bits per heavy atom. The molecule has 26 heavy (non-hydrogen) atoms. The summed E-state index contributed by atoms with van der Waals surface area (Å²) in [6, 6.07) is 4.16. The second-order valence-electron chi connectivity index (χ2n) is 5.14. The van der Waals surface area contributed by atoms with Gasteiger partial charge in [-0.25, -0.2) is 9.59 Å². The Balaban J connectivity index is 2.73. The summed E-state index contributed by atoms with van der Waals surface area (Å²) in [5, 5.41) is 36.6. The molecule has 4 N–H and O–H groups in total. The first-order valence-corrected chi connectivity index (χ1v) is 7.04. The van der Waals surface area contributed by atoms with Gasteiger partial charge in [-0.1, -0.05) is 6.07 Å². The van der Waals surface area contributed by atoms with Crippen molar-refractivity contribution in [1.82, 2.24) is 0 Å². The molecule has 0 saturated heterocycles. The Kier molecular flexibility index (Phi) is 6.85. The van der Waals surface area contributed by atoms with Crippen molar-refractivity contribution in [2.45, 2.75) is 18.4 Å². The number of methoxy groups -OCH3 is 1. The summed E-state index contributed by atoms with van der Waals surface area (Å²) in [5.41, 5.74) is -2.46. The number of carbonyl (C=O) groups excluding carboxylic acids is 2. The minimum Gasteiger partial charge on any atom is -0.504 e. The fourth-order valence-electron chi connectivity index (χ4n) is 1.85. The summed E-state index contributed by atoms with van der Waals surface area (Å²) < 4.78 is 9.20. The third kappa shape index (κ3) is 5.91. The first kappa shape index (κ1) is 20.6. The van der Waals surface area contributed by atoms with E-state index >= 15 is 0 Å². The molecule has 0 spiro atoms. The number of phenolic OH excluding ortho intramolecular Hbond substituents is 1. The molecule has 10 heteroatoms. The highest BCUT2D eigenvalue weighted by molar-refractivity contribution is 5.97. The van der Waals surface area contributed by atoms with Gasteiger partial charge < -0.3 is 29.9 Å². The zero-order chi connectivity index (χ0) is 19.9. The first-order valence-electron chi connectivity index (χ1n) is 7.04. The van der Waals surface area contributed by atoms with Crippen LogP contribution in [0.15, 0.2) is 24.3 Å². The number of hydrogen-bond donors (Lipinski definition) is 4. The number of hydrogen-bond acceptors (Lipinski definition) is 8. The van der Waals surface area contributed by atoms with Crippen molar-refractivity contribution in [3.8, 4) is 11.5 Å². The van der Waals surface area contributed by atoms with Gasteiger partial charge in [0.15, 0.2) is 17.1 Å². The van der Waals surface area contributed by atoms with Crippen LogP contribution in [0.2, 0.25) is 0 Å². The number of rotatable bonds is 8. The number of aliphatic hydroxyl groups is 1. The van der Waals surface area contributed by atoms with Gasteiger partial charge in [-0.3, -0.25) is 9.59 Å². The number of carbonyl (C=O) groups is 4. The van der Waals surface area contributed by atoms with Gasteiger partial charge in [0.1, 0.15) is 0 Å². The predicted octanol–water partition coefficient (Wildman–Crippen LogP) is 0.164. The molecule has 0 aliphatic carbocycles. The molecule has 0 amide bonds. The lowest BCUT2D eigenvalue weighted by Gasteiger charge is -2.19. The highest BCUT2D eigenvalue weighted by Gasteiger charge is 2.41. The van der Waals surface area contributed by atoms with Gasteiger partial charge in [0.2, 0.25) is 0 Å². The van der Waals surface area contributed by atoms with E-state index in [1.54, 1.807) is 0 Å². The van der Waals surface area contributed by atoms with Crippen LogP contribution in [0.25, 0.3) is 6.08 Å². The van der Waals surface area contributed by atoms with Gasteiger partial charge in [-0.2, -0.15) is 0 Å². The van der Waals surface area contributed by atoms with Gasteiger partial charge in [0, 0.05) is 6.08 Å². The Morgan fingerprint density at radius 1 is 1.15 bits per heavy atom. The SMILES string of the molecule is COc1cc(C=CC(=O)OC(=O)CC(O)(CC(=O)O)C(=O)O)ccc1O. The molecule has 0 radical (unpaired) electrons. The molecular formula is C16H16O10. The molecule has 0 aliphatic heterocycles. The maximum Gasteiger partial charge on any atom is 0.338 e. The molecule has 0 aromatic heterocycles. The van der Waals surface area contributed by atoms with E-state index < -0.39 is 42.3 Å². The van der Waals surface area contributed by atoms with Crippen LogP contribution in [0.3, 0.4) is 0 Å². The molecule has 1 atom stereocenters. The third-order valence-corrected chi connectivity index (χ3v) is 3.11. The Labute approximate surface area is 146 Å². The number of phenols is 1. The lowest BCUT2D eigenvalue weighted by Crippen LogP contribution is -2.43. The molecule has 1 unspecified atom stereocenters. The van der Waals surface area contributed by atoms with Crippen LogP contribution in [0, 0.1) is 0 Å². The highest BCUT2D eigenvalue weighted by atomic mass is 16.6. The van der Waals surface area contributed by atoms with Crippen LogP contribution in [0.5, 0.6) is 11.5 Å². The summed E-state index contributed by atoms with van der Waals surface area (Å²) in [4.78, 5) is 44.6. The second kappa shape index (κ2) is 8.62. The van der Waals surface area contributed by atoms with Gasteiger partial charge >= 0.3 is 23.9 Å². The molecule has 0 bridgehead atoms. The van der Waals surface area contributed by atoms with Crippen molar-refractivity contribution >= 4 is 30.0 Å². The Hall–Kier alpha value is -3.40. The Morgan fingerprint density at radius 3 is 2.35 bits per heavy atom. The quantitative estimate of drug-likeness (QED) is 0.282. The van der Waals surface area contributed by atoms with Crippen molar-refractivity contribution in [3.05, 3.63) is 29.8 Å². The molecule has 1 rings (SSSR count). The van der Waals surface area contributed by atoms with Gasteiger partial charge in [-0.05, 0) is 23.8 Å². The maximum absolute atomic E-state index is 11.6. The second-order valence-corrected chi connectivity index (χ2v) is 5.14. The molecule has 0 heterocycles. The maximum atomic E-state index is 11.6. The number of carboxylic acids is 2. The number of carboxylic acid groups (broad SMARTS) is 2. The van der Waals surface area contributed by atoms with Crippen molar-refractivity contribution < 1.29 is 49.1 Å². The van der Waals surface area contributed by atoms with E-state index in [4.69, 9.17) is 14.9 Å². The molecule has 1 aromatic carbocycles. The molecular weight excluding hydrogens is 352 g/mol. The van der Waals surface area contributed by atoms with Crippen LogP contribution >= 0.6 is 0 Å². The van der Waals surface area contributed by atoms with Gasteiger partial charge in [0.05, 0.1) is 20.0 Å². The third-order valence-electron chi connectivity index (χ3n) is 3.11. The zero-order valence-corrected chi connectivity index (χ0v) is 13.5. The van der Waals surface area contributed by atoms with Crippen LogP contribution in [-0.4, -0.2) is 57.0 Å². The normalized spacial score (nSPS) is 13.0. The lowest BCUT2D eigenvalue weighted by atomic mass is 9.96. The number of esters is 2. The van der Waals surface area contributed by atoms with Crippen LogP contribution in [-0.2, 0) is 23.9 Å². The van der Waals surface area contributed by atoms with Crippen molar-refractivity contribution in [1.29, 1.82) is 0 Å². The van der Waals surface area contributed by atoms with Crippen LogP contribution < -0.4 is 4.74 Å². The average Bonchev–Trinajstić information content (AvgIpc) is 2.52. The first-order chi connectivity index (χ1) is 12.1. The zero-order valence-electron chi connectivity index (χ0n) is 13.5. The molecule has 1 aromatic rings. The number of ether oxygens (including phenoxy) is 2. The standard InChI is InChI=1S/C16H16O10/c1-25-11-6-9(2-4-10(11)17)3-5-13(20)26-14(21)8-16(24,15(22)23)7-12(18)19/h2-6,17,24H,7-8H2,1H3,(H,18,19)(H,22,23). The number of aromatic hydroxyl groups is 1. The monoisotopic (exact) mass is 368 g/mol. The number of benzene rings is 1. The van der Waals surface area contributed by atoms with E-state index in [1.807, 2.05) is 0 Å². The summed E-state index contributed by atoms with van der Waals surface area (Å²) in [7, 11) is 1.33. The van der Waals surface area contributed by atoms with E-state index in [9.17, 15) is 29.4 Å². The molecule has 0 saturated carbocycles. The molecule has 10 nitrogen and oxygen atoms in total. The van der Waals surface area contributed by atoms with Crippen molar-refractivity contribution in [3.63, 3.8) is 0 Å². The minimum absolute atomic E-state index is 0.117. The van der Waals surface area contributed by atoms with Crippen molar-refractivity contribution in [2.24, 2.45) is 0 Å². The van der Waals surface area contributed by atoms with Crippen LogP contribution in [0.1, 0.15) is 18.4 Å². The van der Waals surface area contributed by atoms with Gasteiger partial charge in [-0.15, -0.1) is 0 Å².